The quantitative estimate of drug-likeness (QED) is 0.504. The van der Waals surface area contributed by atoms with Crippen molar-refractivity contribution in [3.63, 3.8) is 0 Å². The second-order valence-corrected chi connectivity index (χ2v) is 0. The maximum Gasteiger partial charge on any atom is 0 e. The Hall–Kier alpha value is 1.95. The molecule has 0 N–H and O–H groups in total. The van der Waals surface area contributed by atoms with E-state index >= 15 is 0 Å². The van der Waals surface area contributed by atoms with Gasteiger partial charge in [-0.05, 0) is 0 Å². The van der Waals surface area contributed by atoms with E-state index in [2.05, 4.69) is 0 Å². The average molecular weight is 338 g/mol. The van der Waals surface area contributed by atoms with Crippen LogP contribution in [0.4, 0.5) is 0 Å². The molecule has 1 nitrogen and oxygen atoms in total. The Labute approximate surface area is 66.6 Å². The molecule has 4 heavy (non-hydrogen) atoms. The maximum atomic E-state index is 8.26. The van der Waals surface area contributed by atoms with Gasteiger partial charge in [-0.1, -0.05) is 0 Å². The Morgan fingerprint density at radius 3 is 1.25 bits per heavy atom. The molecule has 0 aliphatic heterocycles. The second kappa shape index (κ2) is 20.3. The zero-order valence-corrected chi connectivity index (χ0v) is 8.74. The molecule has 21 valence electrons. The van der Waals surface area contributed by atoms with Crippen molar-refractivity contribution in [3.05, 3.63) is 0 Å². The Bertz CT molecular complexity index is 8.00. The van der Waals surface area contributed by atoms with Crippen molar-refractivity contribution in [1.29, 1.82) is 0 Å². The first kappa shape index (κ1) is 16.8. The van der Waals surface area contributed by atoms with Crippen LogP contribution in [0, 0.1) is 0 Å². The molecular weight excluding hydrogens is 338 g/mol. The van der Waals surface area contributed by atoms with Gasteiger partial charge in [0.15, 0.2) is 0 Å². The molecule has 0 aromatic carbocycles. The van der Waals surface area contributed by atoms with Gasteiger partial charge in [0.05, 0.1) is 0 Å². The molecule has 0 unspecified atom stereocenters. The van der Waals surface area contributed by atoms with Crippen molar-refractivity contribution in [2.75, 3.05) is 0 Å². The molecule has 0 saturated carbocycles. The van der Waals surface area contributed by atoms with E-state index in [-0.39, 0.29) is 42.0 Å². The molecule has 0 rings (SSSR count). The van der Waals surface area contributed by atoms with E-state index in [0.29, 0.717) is 22.3 Å². The molecular formula is GeOSbTe. The fourth-order valence-corrected chi connectivity index (χ4v) is 0. The normalized spacial score (nSPS) is 1.00. The summed E-state index contributed by atoms with van der Waals surface area (Å²) in [5, 5.41) is 0. The minimum Gasteiger partial charge on any atom is 0 e. The Morgan fingerprint density at radius 1 is 1.25 bits per heavy atom. The molecule has 7 radical (unpaired) electrons. The maximum absolute atomic E-state index is 8.26. The van der Waals surface area contributed by atoms with Gasteiger partial charge < -0.3 is 0 Å². The van der Waals surface area contributed by atoms with Gasteiger partial charge in [-0.3, -0.25) is 0 Å². The largest absolute Gasteiger partial charge is 0 e. The summed E-state index contributed by atoms with van der Waals surface area (Å²) in [6.45, 7) is 0. The molecule has 0 saturated heterocycles. The standard InChI is InChI=1S/Ge.OTe.Sb/c;1-2;. The SMILES string of the molecule is O=[Te].[Ge].[Sb]. The minimum absolute atomic E-state index is 0. The van der Waals surface area contributed by atoms with E-state index in [1.54, 1.807) is 0 Å². The van der Waals surface area contributed by atoms with Crippen LogP contribution < -0.4 is 0 Å². The molecule has 0 heterocycles. The van der Waals surface area contributed by atoms with E-state index in [0.717, 1.165) is 0 Å². The van der Waals surface area contributed by atoms with Gasteiger partial charge in [0.1, 0.15) is 0 Å². The third kappa shape index (κ3) is 9.04. The molecule has 0 amide bonds. The van der Waals surface area contributed by atoms with Gasteiger partial charge in [0, 0.05) is 42.0 Å². The molecule has 0 bridgehead atoms. The first-order valence-electron chi connectivity index (χ1n) is 0.167. The number of hydrogen-bond donors (Lipinski definition) is 0. The summed E-state index contributed by atoms with van der Waals surface area (Å²) in [5.74, 6) is 0. The third-order valence-corrected chi connectivity index (χ3v) is 0. The third-order valence-electron chi connectivity index (χ3n) is 0. The fourth-order valence-electron chi connectivity index (χ4n) is 0. The molecule has 0 aliphatic rings. The number of rotatable bonds is 0. The zero-order valence-electron chi connectivity index (χ0n) is 1.76. The topological polar surface area (TPSA) is 17.1 Å². The van der Waals surface area contributed by atoms with Gasteiger partial charge in [-0.2, -0.15) is 0 Å². The summed E-state index contributed by atoms with van der Waals surface area (Å²) in [6.07, 6.45) is 0. The van der Waals surface area contributed by atoms with Crippen LogP contribution in [-0.2, 0) is 3.10 Å². The zero-order chi connectivity index (χ0) is 2.00. The van der Waals surface area contributed by atoms with Crippen LogP contribution in [0.3, 0.4) is 0 Å². The summed E-state index contributed by atoms with van der Waals surface area (Å²) in [5.41, 5.74) is 0. The van der Waals surface area contributed by atoms with Gasteiger partial charge in [0.2, 0.25) is 0 Å². The van der Waals surface area contributed by atoms with E-state index in [9.17, 15) is 0 Å². The monoisotopic (exact) mass is 341 g/mol. The van der Waals surface area contributed by atoms with Crippen molar-refractivity contribution in [3.8, 4) is 0 Å². The van der Waals surface area contributed by atoms with Crippen LogP contribution in [0.15, 0.2) is 0 Å². The van der Waals surface area contributed by atoms with Crippen LogP contribution in [0.5, 0.6) is 0 Å². The predicted molar refractivity (Wildman–Crippen MR) is 17.9 cm³/mol. The summed E-state index contributed by atoms with van der Waals surface area (Å²) < 4.78 is 8.26. The summed E-state index contributed by atoms with van der Waals surface area (Å²) in [4.78, 5) is 0. The van der Waals surface area contributed by atoms with E-state index in [1.165, 1.54) is 0 Å². The van der Waals surface area contributed by atoms with Crippen molar-refractivity contribution in [2.24, 2.45) is 0 Å². The number of hydrogen-bond acceptors (Lipinski definition) is 1. The summed E-state index contributed by atoms with van der Waals surface area (Å²) in [7, 11) is 0. The van der Waals surface area contributed by atoms with Crippen LogP contribution >= 0.6 is 0 Å². The van der Waals surface area contributed by atoms with Gasteiger partial charge in [0.25, 0.3) is 0 Å². The molecule has 0 aromatic rings. The Morgan fingerprint density at radius 2 is 1.25 bits per heavy atom. The van der Waals surface area contributed by atoms with E-state index < -0.39 is 0 Å². The Balaban J connectivity index is -0.00000000500. The molecule has 4 heteroatoms. The van der Waals surface area contributed by atoms with Crippen LogP contribution in [-0.4, -0.2) is 64.3 Å². The Kier molecular flexibility index (Phi) is 85.0. The van der Waals surface area contributed by atoms with Crippen molar-refractivity contribution < 1.29 is 3.10 Å². The summed E-state index contributed by atoms with van der Waals surface area (Å²) in [6, 6.07) is 0. The average Bonchev–Trinajstić information content (AvgIpc) is 1.00. The molecule has 0 spiro atoms. The van der Waals surface area contributed by atoms with Crippen LogP contribution in [0.25, 0.3) is 0 Å². The van der Waals surface area contributed by atoms with Crippen molar-refractivity contribution in [2.45, 2.75) is 0 Å². The van der Waals surface area contributed by atoms with Crippen molar-refractivity contribution >= 4 is 64.3 Å². The molecule has 0 atom stereocenters. The smallest absolute Gasteiger partial charge is 0 e. The first-order valence-corrected chi connectivity index (χ1v) is 1.12. The van der Waals surface area contributed by atoms with Gasteiger partial charge >= 0.3 is 25.4 Å². The van der Waals surface area contributed by atoms with Crippen LogP contribution in [0.1, 0.15) is 0 Å². The second-order valence-electron chi connectivity index (χ2n) is 0. The van der Waals surface area contributed by atoms with E-state index in [1.807, 2.05) is 0 Å². The van der Waals surface area contributed by atoms with E-state index in [4.69, 9.17) is 3.10 Å². The minimum atomic E-state index is 0. The molecule has 0 aromatic heterocycles. The first-order chi connectivity index (χ1) is 1.00. The van der Waals surface area contributed by atoms with Gasteiger partial charge in [-0.25, -0.2) is 0 Å². The molecule has 0 fully saturated rings. The molecule has 0 aliphatic carbocycles. The van der Waals surface area contributed by atoms with Crippen LogP contribution in [0.2, 0.25) is 0 Å². The predicted octanol–water partition coefficient (Wildman–Crippen LogP) is -1.26. The summed E-state index contributed by atoms with van der Waals surface area (Å²) >= 11 is 0.700. The van der Waals surface area contributed by atoms with Crippen molar-refractivity contribution in [1.82, 2.24) is 0 Å². The fraction of sp³-hybridized carbons (Fsp3) is 0. The van der Waals surface area contributed by atoms with Gasteiger partial charge in [-0.15, -0.1) is 0 Å².